The molecule has 0 amide bonds. The average Bonchev–Trinajstić information content (AvgIpc) is 2.74. The standard InChI is InChI=1S/C13H15NO2/c1-10-7-8-12(15-10)13(9-14)16-11-5-3-2-4-6-11/h2-8,13H,9,14H2,1H3. The largest absolute Gasteiger partial charge is 0.481 e. The van der Waals surface area contributed by atoms with Crippen LogP contribution in [0.5, 0.6) is 5.75 Å². The van der Waals surface area contributed by atoms with Crippen molar-refractivity contribution in [3.8, 4) is 5.75 Å². The van der Waals surface area contributed by atoms with Crippen LogP contribution in [-0.4, -0.2) is 6.54 Å². The molecule has 1 aromatic carbocycles. The van der Waals surface area contributed by atoms with E-state index in [4.69, 9.17) is 14.9 Å². The first-order valence-corrected chi connectivity index (χ1v) is 5.27. The minimum atomic E-state index is -0.226. The zero-order valence-electron chi connectivity index (χ0n) is 9.22. The molecule has 1 unspecified atom stereocenters. The summed E-state index contributed by atoms with van der Waals surface area (Å²) in [5.41, 5.74) is 5.68. The van der Waals surface area contributed by atoms with Crippen molar-refractivity contribution < 1.29 is 9.15 Å². The van der Waals surface area contributed by atoms with Crippen molar-refractivity contribution in [3.05, 3.63) is 54.0 Å². The van der Waals surface area contributed by atoms with Crippen molar-refractivity contribution in [1.29, 1.82) is 0 Å². The highest BCUT2D eigenvalue weighted by atomic mass is 16.5. The fourth-order valence-electron chi connectivity index (χ4n) is 1.51. The van der Waals surface area contributed by atoms with Crippen LogP contribution in [0.15, 0.2) is 46.9 Å². The molecule has 2 rings (SSSR count). The van der Waals surface area contributed by atoms with Gasteiger partial charge in [-0.15, -0.1) is 0 Å². The lowest BCUT2D eigenvalue weighted by Crippen LogP contribution is -2.17. The molecule has 3 nitrogen and oxygen atoms in total. The van der Waals surface area contributed by atoms with Gasteiger partial charge in [-0.2, -0.15) is 0 Å². The molecular formula is C13H15NO2. The predicted octanol–water partition coefficient (Wildman–Crippen LogP) is 2.67. The number of rotatable bonds is 4. The Morgan fingerprint density at radius 2 is 1.94 bits per heavy atom. The molecule has 0 bridgehead atoms. The maximum absolute atomic E-state index is 5.74. The van der Waals surface area contributed by atoms with Crippen LogP contribution in [0.4, 0.5) is 0 Å². The molecule has 0 aliphatic heterocycles. The number of hydrogen-bond donors (Lipinski definition) is 1. The molecule has 3 heteroatoms. The highest BCUT2D eigenvalue weighted by Gasteiger charge is 2.14. The van der Waals surface area contributed by atoms with Crippen molar-refractivity contribution in [2.45, 2.75) is 13.0 Å². The highest BCUT2D eigenvalue weighted by Crippen LogP contribution is 2.22. The van der Waals surface area contributed by atoms with Crippen LogP contribution in [0, 0.1) is 6.92 Å². The van der Waals surface area contributed by atoms with Crippen LogP contribution in [0.2, 0.25) is 0 Å². The first-order valence-electron chi connectivity index (χ1n) is 5.27. The molecule has 16 heavy (non-hydrogen) atoms. The molecule has 0 fully saturated rings. The van der Waals surface area contributed by atoms with Crippen molar-refractivity contribution in [1.82, 2.24) is 0 Å². The maximum atomic E-state index is 5.74. The monoisotopic (exact) mass is 217 g/mol. The molecule has 84 valence electrons. The Morgan fingerprint density at radius 1 is 1.19 bits per heavy atom. The molecule has 0 spiro atoms. The Hall–Kier alpha value is -1.74. The van der Waals surface area contributed by atoms with Crippen molar-refractivity contribution in [2.75, 3.05) is 6.54 Å². The van der Waals surface area contributed by atoms with Crippen LogP contribution in [0.25, 0.3) is 0 Å². The third-order valence-electron chi connectivity index (χ3n) is 2.31. The fourth-order valence-corrected chi connectivity index (χ4v) is 1.51. The summed E-state index contributed by atoms with van der Waals surface area (Å²) in [7, 11) is 0. The Bertz CT molecular complexity index is 436. The van der Waals surface area contributed by atoms with Gasteiger partial charge in [0.2, 0.25) is 0 Å². The average molecular weight is 217 g/mol. The van der Waals surface area contributed by atoms with Gasteiger partial charge >= 0.3 is 0 Å². The van der Waals surface area contributed by atoms with Crippen LogP contribution >= 0.6 is 0 Å². The molecule has 0 aliphatic carbocycles. The summed E-state index contributed by atoms with van der Waals surface area (Å²) in [4.78, 5) is 0. The van der Waals surface area contributed by atoms with E-state index in [9.17, 15) is 0 Å². The van der Waals surface area contributed by atoms with Gasteiger partial charge in [-0.3, -0.25) is 0 Å². The summed E-state index contributed by atoms with van der Waals surface area (Å²) in [5.74, 6) is 2.43. The summed E-state index contributed by atoms with van der Waals surface area (Å²) in [6.45, 7) is 2.29. The minimum absolute atomic E-state index is 0.226. The quantitative estimate of drug-likeness (QED) is 0.856. The van der Waals surface area contributed by atoms with E-state index in [1.54, 1.807) is 0 Å². The van der Waals surface area contributed by atoms with Crippen molar-refractivity contribution in [2.24, 2.45) is 5.73 Å². The van der Waals surface area contributed by atoms with Gasteiger partial charge in [0.15, 0.2) is 6.10 Å². The number of nitrogens with two attached hydrogens (primary N) is 1. The van der Waals surface area contributed by atoms with Crippen LogP contribution in [0.1, 0.15) is 17.6 Å². The molecule has 0 saturated heterocycles. The van der Waals surface area contributed by atoms with E-state index in [-0.39, 0.29) is 6.10 Å². The Balaban J connectivity index is 2.12. The summed E-state index contributed by atoms with van der Waals surface area (Å²) in [6, 6.07) is 13.4. The van der Waals surface area contributed by atoms with E-state index < -0.39 is 0 Å². The first kappa shape index (κ1) is 10.8. The summed E-state index contributed by atoms with van der Waals surface area (Å²) >= 11 is 0. The van der Waals surface area contributed by atoms with E-state index in [2.05, 4.69) is 0 Å². The van der Waals surface area contributed by atoms with Crippen molar-refractivity contribution in [3.63, 3.8) is 0 Å². The Labute approximate surface area is 94.8 Å². The lowest BCUT2D eigenvalue weighted by molar-refractivity contribution is 0.182. The molecule has 2 aromatic rings. The molecule has 1 aromatic heterocycles. The van der Waals surface area contributed by atoms with Gasteiger partial charge < -0.3 is 14.9 Å². The van der Waals surface area contributed by atoms with Crippen LogP contribution in [0.3, 0.4) is 0 Å². The van der Waals surface area contributed by atoms with E-state index in [1.807, 2.05) is 49.4 Å². The number of ether oxygens (including phenoxy) is 1. The van der Waals surface area contributed by atoms with E-state index >= 15 is 0 Å². The van der Waals surface area contributed by atoms with Gasteiger partial charge in [0.1, 0.15) is 17.3 Å². The predicted molar refractivity (Wildman–Crippen MR) is 62.3 cm³/mol. The topological polar surface area (TPSA) is 48.4 Å². The summed E-state index contributed by atoms with van der Waals surface area (Å²) < 4.78 is 11.2. The summed E-state index contributed by atoms with van der Waals surface area (Å²) in [5, 5.41) is 0. The van der Waals surface area contributed by atoms with E-state index in [0.717, 1.165) is 17.3 Å². The number of para-hydroxylation sites is 1. The zero-order chi connectivity index (χ0) is 11.4. The molecular weight excluding hydrogens is 202 g/mol. The second-order valence-corrected chi connectivity index (χ2v) is 3.60. The third kappa shape index (κ3) is 2.44. The molecule has 1 atom stereocenters. The summed E-state index contributed by atoms with van der Waals surface area (Å²) in [6.07, 6.45) is -0.226. The van der Waals surface area contributed by atoms with E-state index in [0.29, 0.717) is 6.54 Å². The lowest BCUT2D eigenvalue weighted by atomic mass is 10.2. The Morgan fingerprint density at radius 3 is 2.50 bits per heavy atom. The zero-order valence-corrected chi connectivity index (χ0v) is 9.22. The number of benzene rings is 1. The number of aryl methyl sites for hydroxylation is 1. The second kappa shape index (κ2) is 4.86. The van der Waals surface area contributed by atoms with Crippen LogP contribution < -0.4 is 10.5 Å². The third-order valence-corrected chi connectivity index (χ3v) is 2.31. The lowest BCUT2D eigenvalue weighted by Gasteiger charge is -2.14. The molecule has 0 saturated carbocycles. The van der Waals surface area contributed by atoms with Crippen molar-refractivity contribution >= 4 is 0 Å². The molecule has 2 N–H and O–H groups in total. The van der Waals surface area contributed by atoms with Gasteiger partial charge in [0.05, 0.1) is 0 Å². The van der Waals surface area contributed by atoms with Gasteiger partial charge in [0.25, 0.3) is 0 Å². The normalized spacial score (nSPS) is 12.4. The van der Waals surface area contributed by atoms with Gasteiger partial charge in [-0.05, 0) is 31.2 Å². The Kier molecular flexibility index (Phi) is 3.27. The van der Waals surface area contributed by atoms with Gasteiger partial charge in [0, 0.05) is 6.54 Å². The smallest absolute Gasteiger partial charge is 0.168 e. The van der Waals surface area contributed by atoms with Gasteiger partial charge in [-0.1, -0.05) is 18.2 Å². The number of furan rings is 1. The van der Waals surface area contributed by atoms with E-state index in [1.165, 1.54) is 0 Å². The second-order valence-electron chi connectivity index (χ2n) is 3.60. The first-order chi connectivity index (χ1) is 7.79. The van der Waals surface area contributed by atoms with Crippen LogP contribution in [-0.2, 0) is 0 Å². The maximum Gasteiger partial charge on any atom is 0.168 e. The molecule has 0 radical (unpaired) electrons. The SMILES string of the molecule is Cc1ccc(C(CN)Oc2ccccc2)o1. The molecule has 0 aliphatic rings. The molecule has 1 heterocycles. The fraction of sp³-hybridized carbons (Fsp3) is 0.231. The highest BCUT2D eigenvalue weighted by molar-refractivity contribution is 5.22. The minimum Gasteiger partial charge on any atom is -0.481 e. The van der Waals surface area contributed by atoms with Gasteiger partial charge in [-0.25, -0.2) is 0 Å². The number of hydrogen-bond acceptors (Lipinski definition) is 3.